The lowest BCUT2D eigenvalue weighted by Gasteiger charge is -2.37. The zero-order chi connectivity index (χ0) is 15.9. The highest BCUT2D eigenvalue weighted by molar-refractivity contribution is 6.35. The van der Waals surface area contributed by atoms with Crippen LogP contribution in [0.4, 0.5) is 0 Å². The van der Waals surface area contributed by atoms with Crippen molar-refractivity contribution in [2.45, 2.75) is 26.9 Å². The van der Waals surface area contributed by atoms with E-state index >= 15 is 0 Å². The standard InChI is InChI=1S/C15H18Cl2N2O2/c1-15(2,3)14-18(4)12(20)8-19(14)13(21)9-5-10(16)7-11(17)6-9/h5-7,14H,8H2,1-4H3. The van der Waals surface area contributed by atoms with Gasteiger partial charge >= 0.3 is 0 Å². The first-order chi connectivity index (χ1) is 9.61. The molecule has 1 fully saturated rings. The van der Waals surface area contributed by atoms with Crippen molar-refractivity contribution < 1.29 is 9.59 Å². The summed E-state index contributed by atoms with van der Waals surface area (Å²) in [6, 6.07) is 4.71. The number of hydrogen-bond donors (Lipinski definition) is 0. The third kappa shape index (κ3) is 3.16. The molecule has 1 aromatic carbocycles. The number of hydrogen-bond acceptors (Lipinski definition) is 2. The molecule has 21 heavy (non-hydrogen) atoms. The van der Waals surface area contributed by atoms with Crippen molar-refractivity contribution in [1.82, 2.24) is 9.80 Å². The molecule has 1 aliphatic heterocycles. The highest BCUT2D eigenvalue weighted by Gasteiger charge is 2.44. The number of halogens is 2. The molecule has 1 saturated heterocycles. The maximum absolute atomic E-state index is 12.7. The van der Waals surface area contributed by atoms with Crippen LogP contribution in [0.1, 0.15) is 31.1 Å². The van der Waals surface area contributed by atoms with Crippen molar-refractivity contribution in [3.63, 3.8) is 0 Å². The van der Waals surface area contributed by atoms with E-state index in [4.69, 9.17) is 23.2 Å². The summed E-state index contributed by atoms with van der Waals surface area (Å²) in [6.07, 6.45) is -0.296. The predicted octanol–water partition coefficient (Wildman–Crippen LogP) is 3.28. The molecule has 1 aliphatic rings. The Balaban J connectivity index is 2.39. The van der Waals surface area contributed by atoms with Crippen molar-refractivity contribution in [3.8, 4) is 0 Å². The molecule has 6 heteroatoms. The number of benzene rings is 1. The van der Waals surface area contributed by atoms with Crippen LogP contribution < -0.4 is 0 Å². The summed E-state index contributed by atoms with van der Waals surface area (Å²) in [5.41, 5.74) is 0.142. The highest BCUT2D eigenvalue weighted by atomic mass is 35.5. The molecule has 1 unspecified atom stereocenters. The van der Waals surface area contributed by atoms with E-state index in [1.807, 2.05) is 20.8 Å². The molecule has 0 spiro atoms. The maximum Gasteiger partial charge on any atom is 0.256 e. The van der Waals surface area contributed by atoms with Crippen LogP contribution in [-0.4, -0.2) is 41.4 Å². The monoisotopic (exact) mass is 328 g/mol. The first kappa shape index (κ1) is 16.1. The molecule has 1 atom stereocenters. The Morgan fingerprint density at radius 1 is 1.19 bits per heavy atom. The van der Waals surface area contributed by atoms with Crippen LogP contribution in [0, 0.1) is 5.41 Å². The van der Waals surface area contributed by atoms with Gasteiger partial charge in [0.2, 0.25) is 5.91 Å². The van der Waals surface area contributed by atoms with Gasteiger partial charge in [0.25, 0.3) is 5.91 Å². The minimum Gasteiger partial charge on any atom is -0.323 e. The number of nitrogens with zero attached hydrogens (tertiary/aromatic N) is 2. The lowest BCUT2D eigenvalue weighted by Crippen LogP contribution is -2.49. The summed E-state index contributed by atoms with van der Waals surface area (Å²) < 4.78 is 0. The zero-order valence-electron chi connectivity index (χ0n) is 12.5. The molecule has 0 aromatic heterocycles. The van der Waals surface area contributed by atoms with Crippen LogP contribution in [0.15, 0.2) is 18.2 Å². The molecule has 0 N–H and O–H groups in total. The number of likely N-dealkylation sites (N-methyl/N-ethyl adjacent to an activating group) is 1. The van der Waals surface area contributed by atoms with E-state index in [1.165, 1.54) is 0 Å². The van der Waals surface area contributed by atoms with E-state index in [9.17, 15) is 9.59 Å². The Hall–Kier alpha value is -1.26. The lowest BCUT2D eigenvalue weighted by molar-refractivity contribution is -0.127. The van der Waals surface area contributed by atoms with Gasteiger partial charge in [-0.25, -0.2) is 0 Å². The second-order valence-electron chi connectivity index (χ2n) is 6.34. The topological polar surface area (TPSA) is 40.6 Å². The fraction of sp³-hybridized carbons (Fsp3) is 0.467. The van der Waals surface area contributed by atoms with E-state index < -0.39 is 0 Å². The van der Waals surface area contributed by atoms with Gasteiger partial charge in [0.15, 0.2) is 0 Å². The molecule has 2 rings (SSSR count). The number of carbonyl (C=O) groups is 2. The van der Waals surface area contributed by atoms with Gasteiger partial charge in [-0.15, -0.1) is 0 Å². The van der Waals surface area contributed by atoms with Gasteiger partial charge < -0.3 is 9.80 Å². The van der Waals surface area contributed by atoms with Gasteiger partial charge in [-0.05, 0) is 18.2 Å². The SMILES string of the molecule is CN1C(=O)CN(C(=O)c2cc(Cl)cc(Cl)c2)C1C(C)(C)C. The van der Waals surface area contributed by atoms with Gasteiger partial charge in [-0.2, -0.15) is 0 Å². The first-order valence-corrected chi connectivity index (χ1v) is 7.39. The molecule has 0 radical (unpaired) electrons. The minimum atomic E-state index is -0.296. The summed E-state index contributed by atoms with van der Waals surface area (Å²) in [7, 11) is 1.72. The van der Waals surface area contributed by atoms with E-state index in [-0.39, 0.29) is 29.9 Å². The average Bonchev–Trinajstić information content (AvgIpc) is 2.63. The van der Waals surface area contributed by atoms with Gasteiger partial charge in [0, 0.05) is 28.1 Å². The van der Waals surface area contributed by atoms with Crippen molar-refractivity contribution in [2.24, 2.45) is 5.41 Å². The average molecular weight is 329 g/mol. The van der Waals surface area contributed by atoms with E-state index in [1.54, 1.807) is 35.0 Å². The summed E-state index contributed by atoms with van der Waals surface area (Å²) in [5.74, 6) is -0.312. The molecule has 1 aromatic rings. The molecular weight excluding hydrogens is 311 g/mol. The molecule has 0 aliphatic carbocycles. The Bertz CT molecular complexity index is 576. The van der Waals surface area contributed by atoms with E-state index in [0.29, 0.717) is 15.6 Å². The molecule has 4 nitrogen and oxygen atoms in total. The van der Waals surface area contributed by atoms with Crippen LogP contribution in [0.25, 0.3) is 0 Å². The summed E-state index contributed by atoms with van der Waals surface area (Å²) in [5, 5.41) is 0.800. The highest BCUT2D eigenvalue weighted by Crippen LogP contribution is 2.32. The lowest BCUT2D eigenvalue weighted by atomic mass is 9.91. The van der Waals surface area contributed by atoms with Crippen molar-refractivity contribution in [2.75, 3.05) is 13.6 Å². The second kappa shape index (κ2) is 5.50. The largest absolute Gasteiger partial charge is 0.323 e. The van der Waals surface area contributed by atoms with Gasteiger partial charge in [0.1, 0.15) is 12.7 Å². The summed E-state index contributed by atoms with van der Waals surface area (Å²) >= 11 is 11.9. The van der Waals surface area contributed by atoms with Crippen LogP contribution in [0.2, 0.25) is 10.0 Å². The molecule has 2 amide bonds. The molecule has 0 saturated carbocycles. The third-order valence-corrected chi connectivity index (χ3v) is 3.94. The Labute approximate surface area is 134 Å². The number of carbonyl (C=O) groups excluding carboxylic acids is 2. The van der Waals surface area contributed by atoms with Crippen LogP contribution in [-0.2, 0) is 4.79 Å². The Morgan fingerprint density at radius 3 is 2.19 bits per heavy atom. The van der Waals surface area contributed by atoms with Gasteiger partial charge in [0.05, 0.1) is 0 Å². The predicted molar refractivity (Wildman–Crippen MR) is 83.5 cm³/mol. The van der Waals surface area contributed by atoms with Gasteiger partial charge in [-0.1, -0.05) is 44.0 Å². The molecular formula is C15H18Cl2N2O2. The number of amides is 2. The summed E-state index contributed by atoms with van der Waals surface area (Å²) in [6.45, 7) is 6.06. The quantitative estimate of drug-likeness (QED) is 0.793. The van der Waals surface area contributed by atoms with E-state index in [0.717, 1.165) is 0 Å². The van der Waals surface area contributed by atoms with Crippen LogP contribution in [0.3, 0.4) is 0 Å². The van der Waals surface area contributed by atoms with Crippen molar-refractivity contribution in [3.05, 3.63) is 33.8 Å². The molecule has 114 valence electrons. The van der Waals surface area contributed by atoms with Gasteiger partial charge in [-0.3, -0.25) is 9.59 Å². The van der Waals surface area contributed by atoms with Crippen LogP contribution >= 0.6 is 23.2 Å². The van der Waals surface area contributed by atoms with E-state index in [2.05, 4.69) is 0 Å². The zero-order valence-corrected chi connectivity index (χ0v) is 14.0. The Kier molecular flexibility index (Phi) is 4.22. The second-order valence-corrected chi connectivity index (χ2v) is 7.21. The Morgan fingerprint density at radius 2 is 1.71 bits per heavy atom. The third-order valence-electron chi connectivity index (χ3n) is 3.51. The maximum atomic E-state index is 12.7. The fourth-order valence-electron chi connectivity index (χ4n) is 2.76. The normalized spacial score (nSPS) is 19.3. The van der Waals surface area contributed by atoms with Crippen molar-refractivity contribution >= 4 is 35.0 Å². The van der Waals surface area contributed by atoms with Crippen LogP contribution in [0.5, 0.6) is 0 Å². The first-order valence-electron chi connectivity index (χ1n) is 6.64. The minimum absolute atomic E-state index is 0.0708. The van der Waals surface area contributed by atoms with Crippen molar-refractivity contribution in [1.29, 1.82) is 0 Å². The summed E-state index contributed by atoms with van der Waals surface area (Å²) in [4.78, 5) is 27.9. The molecule has 0 bridgehead atoms. The molecule has 1 heterocycles. The number of rotatable bonds is 1. The fourth-order valence-corrected chi connectivity index (χ4v) is 3.29. The smallest absolute Gasteiger partial charge is 0.256 e.